The number of hydrogen-bond acceptors (Lipinski definition) is 2. The van der Waals surface area contributed by atoms with E-state index in [-0.39, 0.29) is 0 Å². The number of aromatic nitrogens is 3. The van der Waals surface area contributed by atoms with E-state index < -0.39 is 0 Å². The molecule has 0 saturated carbocycles. The van der Waals surface area contributed by atoms with Crippen LogP contribution >= 0.6 is 0 Å². The fraction of sp³-hybridized carbons (Fsp3) is 0.0909. The zero-order valence-electron chi connectivity index (χ0n) is 7.81. The number of benzene rings is 1. The van der Waals surface area contributed by atoms with E-state index in [0.717, 1.165) is 11.1 Å². The standard InChI is InChI=1S/C11H9N3/c1-3-9-5-4-6-10(7-9)11-12-8-14(2)13-11/h1,4-8H,2H3. The zero-order valence-corrected chi connectivity index (χ0v) is 7.81. The van der Waals surface area contributed by atoms with Gasteiger partial charge in [0.2, 0.25) is 0 Å². The van der Waals surface area contributed by atoms with Crippen molar-refractivity contribution in [3.05, 3.63) is 36.2 Å². The molecule has 0 spiro atoms. The Morgan fingerprint density at radius 2 is 2.29 bits per heavy atom. The monoisotopic (exact) mass is 183 g/mol. The summed E-state index contributed by atoms with van der Waals surface area (Å²) in [6.45, 7) is 0. The van der Waals surface area contributed by atoms with Crippen LogP contribution in [0.2, 0.25) is 0 Å². The molecule has 0 aliphatic rings. The Morgan fingerprint density at radius 3 is 2.93 bits per heavy atom. The van der Waals surface area contributed by atoms with Gasteiger partial charge in [0.1, 0.15) is 6.33 Å². The van der Waals surface area contributed by atoms with Crippen molar-refractivity contribution in [2.45, 2.75) is 0 Å². The second kappa shape index (κ2) is 3.35. The average Bonchev–Trinajstić information content (AvgIpc) is 2.65. The number of hydrogen-bond donors (Lipinski definition) is 0. The van der Waals surface area contributed by atoms with Crippen molar-refractivity contribution in [1.82, 2.24) is 14.8 Å². The largest absolute Gasteiger partial charge is 0.255 e. The summed E-state index contributed by atoms with van der Waals surface area (Å²) in [4.78, 5) is 4.14. The highest BCUT2D eigenvalue weighted by molar-refractivity contribution is 5.57. The second-order valence-electron chi connectivity index (χ2n) is 2.97. The van der Waals surface area contributed by atoms with E-state index in [4.69, 9.17) is 6.42 Å². The topological polar surface area (TPSA) is 30.7 Å². The first-order chi connectivity index (χ1) is 6.79. The minimum absolute atomic E-state index is 0.699. The molecule has 0 aliphatic carbocycles. The van der Waals surface area contributed by atoms with Crippen molar-refractivity contribution in [3.8, 4) is 23.7 Å². The van der Waals surface area contributed by atoms with E-state index in [1.807, 2.05) is 31.3 Å². The lowest BCUT2D eigenvalue weighted by molar-refractivity contribution is 0.768. The lowest BCUT2D eigenvalue weighted by Gasteiger charge is -1.95. The molecule has 0 aliphatic heterocycles. The molecule has 0 atom stereocenters. The van der Waals surface area contributed by atoms with Gasteiger partial charge in [-0.1, -0.05) is 18.1 Å². The van der Waals surface area contributed by atoms with Crippen LogP contribution in [0.5, 0.6) is 0 Å². The van der Waals surface area contributed by atoms with E-state index >= 15 is 0 Å². The van der Waals surface area contributed by atoms with Crippen molar-refractivity contribution in [3.63, 3.8) is 0 Å². The van der Waals surface area contributed by atoms with Crippen molar-refractivity contribution in [2.75, 3.05) is 0 Å². The lowest BCUT2D eigenvalue weighted by Crippen LogP contribution is -1.88. The number of terminal acetylenes is 1. The molecule has 1 heterocycles. The first-order valence-corrected chi connectivity index (χ1v) is 4.22. The average molecular weight is 183 g/mol. The fourth-order valence-corrected chi connectivity index (χ4v) is 1.22. The predicted octanol–water partition coefficient (Wildman–Crippen LogP) is 1.46. The minimum atomic E-state index is 0.699. The Bertz CT molecular complexity index is 491. The van der Waals surface area contributed by atoms with Crippen LogP contribution < -0.4 is 0 Å². The van der Waals surface area contributed by atoms with Gasteiger partial charge in [-0.3, -0.25) is 4.68 Å². The van der Waals surface area contributed by atoms with Crippen LogP contribution in [0.25, 0.3) is 11.4 Å². The molecule has 2 aromatic rings. The number of nitrogens with zero attached hydrogens (tertiary/aromatic N) is 3. The molecule has 0 amide bonds. The highest BCUT2D eigenvalue weighted by Crippen LogP contribution is 2.14. The fourth-order valence-electron chi connectivity index (χ4n) is 1.22. The van der Waals surface area contributed by atoms with Gasteiger partial charge in [-0.25, -0.2) is 4.98 Å². The maximum Gasteiger partial charge on any atom is 0.181 e. The lowest BCUT2D eigenvalue weighted by atomic mass is 10.1. The maximum atomic E-state index is 5.31. The predicted molar refractivity (Wildman–Crippen MR) is 54.4 cm³/mol. The van der Waals surface area contributed by atoms with Gasteiger partial charge in [0.25, 0.3) is 0 Å². The van der Waals surface area contributed by atoms with Crippen molar-refractivity contribution >= 4 is 0 Å². The van der Waals surface area contributed by atoms with Crippen molar-refractivity contribution in [2.24, 2.45) is 7.05 Å². The molecule has 3 nitrogen and oxygen atoms in total. The van der Waals surface area contributed by atoms with Crippen LogP contribution in [-0.4, -0.2) is 14.8 Å². The molecule has 0 N–H and O–H groups in total. The summed E-state index contributed by atoms with van der Waals surface area (Å²) in [6.07, 6.45) is 6.97. The van der Waals surface area contributed by atoms with Crippen molar-refractivity contribution < 1.29 is 0 Å². The highest BCUT2D eigenvalue weighted by Gasteiger charge is 2.02. The third kappa shape index (κ3) is 1.50. The summed E-state index contributed by atoms with van der Waals surface area (Å²) in [7, 11) is 1.83. The van der Waals surface area contributed by atoms with Gasteiger partial charge in [0.05, 0.1) is 0 Å². The van der Waals surface area contributed by atoms with Crippen LogP contribution in [-0.2, 0) is 7.05 Å². The zero-order chi connectivity index (χ0) is 9.97. The summed E-state index contributed by atoms with van der Waals surface area (Å²) in [5.74, 6) is 3.28. The smallest absolute Gasteiger partial charge is 0.181 e. The molecule has 0 fully saturated rings. The summed E-state index contributed by atoms with van der Waals surface area (Å²) in [5.41, 5.74) is 1.79. The molecule has 0 bridgehead atoms. The normalized spacial score (nSPS) is 9.71. The van der Waals surface area contributed by atoms with E-state index in [2.05, 4.69) is 16.0 Å². The summed E-state index contributed by atoms with van der Waals surface area (Å²) >= 11 is 0. The third-order valence-electron chi connectivity index (χ3n) is 1.89. The molecular weight excluding hydrogens is 174 g/mol. The quantitative estimate of drug-likeness (QED) is 0.627. The molecule has 0 unspecified atom stereocenters. The van der Waals surface area contributed by atoms with Gasteiger partial charge in [0, 0.05) is 18.2 Å². The van der Waals surface area contributed by atoms with Crippen LogP contribution in [0.1, 0.15) is 5.56 Å². The molecule has 2 rings (SSSR count). The van der Waals surface area contributed by atoms with Gasteiger partial charge in [-0.05, 0) is 12.1 Å². The van der Waals surface area contributed by atoms with Crippen LogP contribution in [0.3, 0.4) is 0 Å². The molecule has 3 heteroatoms. The minimum Gasteiger partial charge on any atom is -0.255 e. The van der Waals surface area contributed by atoms with Crippen LogP contribution in [0.4, 0.5) is 0 Å². The van der Waals surface area contributed by atoms with Gasteiger partial charge in [-0.15, -0.1) is 6.42 Å². The molecule has 14 heavy (non-hydrogen) atoms. The van der Waals surface area contributed by atoms with Gasteiger partial charge in [-0.2, -0.15) is 5.10 Å². The van der Waals surface area contributed by atoms with Gasteiger partial charge >= 0.3 is 0 Å². The Balaban J connectivity index is 2.47. The van der Waals surface area contributed by atoms with Gasteiger partial charge < -0.3 is 0 Å². The molecular formula is C11H9N3. The van der Waals surface area contributed by atoms with Crippen molar-refractivity contribution in [1.29, 1.82) is 0 Å². The second-order valence-corrected chi connectivity index (χ2v) is 2.97. The molecule has 1 aromatic carbocycles. The Kier molecular flexibility index (Phi) is 2.04. The van der Waals surface area contributed by atoms with E-state index in [9.17, 15) is 0 Å². The number of rotatable bonds is 1. The highest BCUT2D eigenvalue weighted by atomic mass is 15.3. The van der Waals surface area contributed by atoms with E-state index in [0.29, 0.717) is 5.82 Å². The Labute approximate surface area is 82.4 Å². The van der Waals surface area contributed by atoms with Gasteiger partial charge in [0.15, 0.2) is 5.82 Å². The molecule has 0 saturated heterocycles. The molecule has 0 radical (unpaired) electrons. The molecule has 68 valence electrons. The maximum absolute atomic E-state index is 5.31. The first-order valence-electron chi connectivity index (χ1n) is 4.22. The van der Waals surface area contributed by atoms with Crippen LogP contribution in [0, 0.1) is 12.3 Å². The molecule has 1 aromatic heterocycles. The summed E-state index contributed by atoms with van der Waals surface area (Å²) < 4.78 is 1.66. The summed E-state index contributed by atoms with van der Waals surface area (Å²) in [5, 5.41) is 4.19. The Hall–Kier alpha value is -2.08. The van der Waals surface area contributed by atoms with E-state index in [1.165, 1.54) is 0 Å². The third-order valence-corrected chi connectivity index (χ3v) is 1.89. The SMILES string of the molecule is C#Cc1cccc(-c2ncn(C)n2)c1. The first kappa shape index (κ1) is 8.52. The Morgan fingerprint density at radius 1 is 1.43 bits per heavy atom. The number of aryl methyl sites for hydroxylation is 1. The van der Waals surface area contributed by atoms with Crippen LogP contribution in [0.15, 0.2) is 30.6 Å². The summed E-state index contributed by atoms with van der Waals surface area (Å²) in [6, 6.07) is 7.62. The van der Waals surface area contributed by atoms with E-state index in [1.54, 1.807) is 11.0 Å².